The molecule has 2 aromatic heterocycles. The van der Waals surface area contributed by atoms with Gasteiger partial charge in [-0.05, 0) is 31.2 Å². The molecule has 0 bridgehead atoms. The number of anilines is 1. The number of hydrogen-bond acceptors (Lipinski definition) is 4. The monoisotopic (exact) mass is 393 g/mol. The first-order valence-electron chi connectivity index (χ1n) is 9.74. The molecule has 0 saturated heterocycles. The third-order valence-electron chi connectivity index (χ3n) is 5.15. The molecule has 2 heterocycles. The summed E-state index contributed by atoms with van der Waals surface area (Å²) in [5.74, 6) is 0.503. The van der Waals surface area contributed by atoms with Crippen molar-refractivity contribution in [3.63, 3.8) is 0 Å². The lowest BCUT2D eigenvalue weighted by Gasteiger charge is -2.22. The normalized spacial score (nSPS) is 11.1. The van der Waals surface area contributed by atoms with Crippen molar-refractivity contribution in [1.29, 1.82) is 0 Å². The van der Waals surface area contributed by atoms with Crippen molar-refractivity contribution in [2.24, 2.45) is 0 Å². The van der Waals surface area contributed by atoms with E-state index in [2.05, 4.69) is 10.2 Å². The van der Waals surface area contributed by atoms with Gasteiger partial charge in [0, 0.05) is 22.0 Å². The van der Waals surface area contributed by atoms with E-state index in [1.54, 1.807) is 9.42 Å². The molecule has 5 aromatic rings. The smallest absolute Gasteiger partial charge is 0.258 e. The maximum atomic E-state index is 13.3. The van der Waals surface area contributed by atoms with Crippen molar-refractivity contribution >= 4 is 28.0 Å². The fraction of sp³-hybridized carbons (Fsp3) is 0.0833. The van der Waals surface area contributed by atoms with Crippen molar-refractivity contribution in [3.8, 4) is 0 Å². The fourth-order valence-electron chi connectivity index (χ4n) is 3.65. The Morgan fingerprint density at radius 2 is 1.47 bits per heavy atom. The molecular formula is C24H19N5O. The number of nitrogens with zero attached hydrogens (tertiary/aromatic N) is 5. The van der Waals surface area contributed by atoms with Gasteiger partial charge in [0.2, 0.25) is 0 Å². The van der Waals surface area contributed by atoms with Crippen LogP contribution in [0, 0.1) is 6.92 Å². The zero-order valence-electron chi connectivity index (χ0n) is 16.4. The van der Waals surface area contributed by atoms with Gasteiger partial charge in [-0.3, -0.25) is 4.79 Å². The second-order valence-corrected chi connectivity index (χ2v) is 7.08. The average Bonchev–Trinajstić information content (AvgIpc) is 3.21. The Kier molecular flexibility index (Phi) is 4.44. The molecule has 0 aliphatic heterocycles. The van der Waals surface area contributed by atoms with Gasteiger partial charge in [0.05, 0.1) is 12.2 Å². The number of fused-ring (bicyclic) bond motifs is 3. The van der Waals surface area contributed by atoms with Gasteiger partial charge in [-0.25, -0.2) is 0 Å². The summed E-state index contributed by atoms with van der Waals surface area (Å²) >= 11 is 0. The van der Waals surface area contributed by atoms with Crippen LogP contribution in [0.2, 0.25) is 0 Å². The van der Waals surface area contributed by atoms with Crippen LogP contribution in [-0.4, -0.2) is 25.7 Å². The number of carbonyl (C=O) groups excluding carboxylic acids is 1. The van der Waals surface area contributed by atoms with Gasteiger partial charge in [-0.15, -0.1) is 10.2 Å². The zero-order chi connectivity index (χ0) is 20.5. The summed E-state index contributed by atoms with van der Waals surface area (Å²) in [7, 11) is 0. The molecule has 0 fully saturated rings. The number of aryl methyl sites for hydroxylation is 1. The van der Waals surface area contributed by atoms with E-state index in [-0.39, 0.29) is 12.5 Å². The van der Waals surface area contributed by atoms with Crippen molar-refractivity contribution < 1.29 is 4.79 Å². The van der Waals surface area contributed by atoms with Crippen molar-refractivity contribution in [1.82, 2.24) is 19.8 Å². The van der Waals surface area contributed by atoms with Crippen LogP contribution in [0.25, 0.3) is 16.4 Å². The topological polar surface area (TPSA) is 63.4 Å². The van der Waals surface area contributed by atoms with Crippen LogP contribution in [0.4, 0.5) is 5.69 Å². The summed E-state index contributed by atoms with van der Waals surface area (Å²) in [4.78, 5) is 15.0. The highest BCUT2D eigenvalue weighted by molar-refractivity contribution is 6.06. The summed E-state index contributed by atoms with van der Waals surface area (Å²) in [6.07, 6.45) is 0. The number of para-hydroxylation sites is 1. The first-order chi connectivity index (χ1) is 14.7. The molecule has 0 aliphatic carbocycles. The molecule has 5 rings (SSSR count). The largest absolute Gasteiger partial charge is 0.301 e. The maximum absolute atomic E-state index is 13.3. The molecule has 146 valence electrons. The quantitative estimate of drug-likeness (QED) is 0.453. The Labute approximate surface area is 173 Å². The molecule has 0 N–H and O–H groups in total. The van der Waals surface area contributed by atoms with Crippen molar-refractivity contribution in [3.05, 3.63) is 102 Å². The molecule has 3 aromatic carbocycles. The van der Waals surface area contributed by atoms with Crippen molar-refractivity contribution in [2.75, 3.05) is 4.90 Å². The summed E-state index contributed by atoms with van der Waals surface area (Å²) in [5, 5.41) is 15.5. The third kappa shape index (κ3) is 3.08. The minimum absolute atomic E-state index is 0.101. The van der Waals surface area contributed by atoms with Gasteiger partial charge >= 0.3 is 0 Å². The first kappa shape index (κ1) is 18.0. The van der Waals surface area contributed by atoms with Crippen LogP contribution < -0.4 is 4.90 Å². The Morgan fingerprint density at radius 1 is 0.833 bits per heavy atom. The lowest BCUT2D eigenvalue weighted by molar-refractivity contribution is 0.0984. The van der Waals surface area contributed by atoms with Gasteiger partial charge in [0.25, 0.3) is 5.91 Å². The Hall–Kier alpha value is -4.06. The number of carbonyl (C=O) groups is 1. The Bertz CT molecular complexity index is 1350. The van der Waals surface area contributed by atoms with E-state index in [0.717, 1.165) is 22.2 Å². The predicted molar refractivity (Wildman–Crippen MR) is 116 cm³/mol. The number of hydrogen-bond donors (Lipinski definition) is 0. The maximum Gasteiger partial charge on any atom is 0.258 e. The van der Waals surface area contributed by atoms with Gasteiger partial charge in [-0.2, -0.15) is 9.61 Å². The second-order valence-electron chi connectivity index (χ2n) is 7.08. The molecule has 6 nitrogen and oxygen atoms in total. The highest BCUT2D eigenvalue weighted by Crippen LogP contribution is 2.23. The second kappa shape index (κ2) is 7.40. The van der Waals surface area contributed by atoms with Crippen molar-refractivity contribution in [2.45, 2.75) is 13.5 Å². The van der Waals surface area contributed by atoms with Gasteiger partial charge in [-0.1, -0.05) is 60.7 Å². The van der Waals surface area contributed by atoms with E-state index in [1.807, 2.05) is 91.9 Å². The van der Waals surface area contributed by atoms with Crippen LogP contribution in [0.5, 0.6) is 0 Å². The average molecular weight is 393 g/mol. The van der Waals surface area contributed by atoms with Gasteiger partial charge in [0.15, 0.2) is 11.5 Å². The minimum Gasteiger partial charge on any atom is -0.301 e. The molecule has 1 amide bonds. The van der Waals surface area contributed by atoms with Crippen LogP contribution in [0.15, 0.2) is 84.9 Å². The summed E-state index contributed by atoms with van der Waals surface area (Å²) in [6, 6.07) is 26.8. The van der Waals surface area contributed by atoms with Gasteiger partial charge in [0.1, 0.15) is 0 Å². The molecule has 0 unspecified atom stereocenters. The van der Waals surface area contributed by atoms with Crippen LogP contribution in [-0.2, 0) is 6.54 Å². The SMILES string of the molecule is Cc1nn2c(CN(C(=O)c3ccccc3)c3ccccc3)nnc2c2ccccc12. The lowest BCUT2D eigenvalue weighted by atomic mass is 10.1. The van der Waals surface area contributed by atoms with E-state index in [9.17, 15) is 4.79 Å². The minimum atomic E-state index is -0.101. The number of aromatic nitrogens is 4. The lowest BCUT2D eigenvalue weighted by Crippen LogP contribution is -2.31. The summed E-state index contributed by atoms with van der Waals surface area (Å²) in [5.41, 5.74) is 2.98. The number of benzene rings is 3. The van der Waals surface area contributed by atoms with Gasteiger partial charge < -0.3 is 4.90 Å². The first-order valence-corrected chi connectivity index (χ1v) is 9.74. The van der Waals surface area contributed by atoms with E-state index in [4.69, 9.17) is 5.10 Å². The number of rotatable bonds is 4. The number of amides is 1. The van der Waals surface area contributed by atoms with Crippen LogP contribution in [0.1, 0.15) is 21.9 Å². The zero-order valence-corrected chi connectivity index (χ0v) is 16.4. The van der Waals surface area contributed by atoms with E-state index < -0.39 is 0 Å². The molecule has 0 saturated carbocycles. The van der Waals surface area contributed by atoms with E-state index in [0.29, 0.717) is 17.0 Å². The molecule has 0 aliphatic rings. The van der Waals surface area contributed by atoms with Crippen LogP contribution >= 0.6 is 0 Å². The van der Waals surface area contributed by atoms with Crippen LogP contribution in [0.3, 0.4) is 0 Å². The highest BCUT2D eigenvalue weighted by Gasteiger charge is 2.21. The molecule has 6 heteroatoms. The summed E-state index contributed by atoms with van der Waals surface area (Å²) in [6.45, 7) is 2.22. The highest BCUT2D eigenvalue weighted by atomic mass is 16.2. The standard InChI is InChI=1S/C24H19N5O/c1-17-20-14-8-9-15-21(20)23-26-25-22(29(23)27-17)16-28(19-12-6-3-7-13-19)24(30)18-10-4-2-5-11-18/h2-15H,16H2,1H3. The molecular weight excluding hydrogens is 374 g/mol. The molecule has 0 radical (unpaired) electrons. The third-order valence-corrected chi connectivity index (χ3v) is 5.15. The molecule has 30 heavy (non-hydrogen) atoms. The Balaban J connectivity index is 1.62. The summed E-state index contributed by atoms with van der Waals surface area (Å²) < 4.78 is 1.74. The van der Waals surface area contributed by atoms with E-state index >= 15 is 0 Å². The Morgan fingerprint density at radius 3 is 2.20 bits per heavy atom. The predicted octanol–water partition coefficient (Wildman–Crippen LogP) is 4.43. The molecule has 0 atom stereocenters. The molecule has 0 spiro atoms. The fourth-order valence-corrected chi connectivity index (χ4v) is 3.65. The van der Waals surface area contributed by atoms with E-state index in [1.165, 1.54) is 0 Å².